The van der Waals surface area contributed by atoms with Crippen molar-refractivity contribution in [2.24, 2.45) is 0 Å². The van der Waals surface area contributed by atoms with Gasteiger partial charge >= 0.3 is 0 Å². The molecular weight excluding hydrogens is 1050 g/mol. The van der Waals surface area contributed by atoms with Crippen molar-refractivity contribution >= 4 is 54.8 Å². The molecule has 0 spiro atoms. The van der Waals surface area contributed by atoms with Gasteiger partial charge in [-0.25, -0.2) is 4.98 Å². The largest absolute Gasteiger partial charge is 0.510 e. The summed E-state index contributed by atoms with van der Waals surface area (Å²) in [5, 5.41) is 3.58. The second-order valence-electron chi connectivity index (χ2n) is 18.1. The van der Waals surface area contributed by atoms with Gasteiger partial charge in [0.1, 0.15) is 17.0 Å². The van der Waals surface area contributed by atoms with Gasteiger partial charge in [-0.3, -0.25) is 4.57 Å². The Morgan fingerprint density at radius 3 is 2.04 bits per heavy atom. The van der Waals surface area contributed by atoms with E-state index >= 15 is 0 Å². The van der Waals surface area contributed by atoms with Crippen molar-refractivity contribution in [1.29, 1.82) is 0 Å². The molecule has 0 saturated carbocycles. The van der Waals surface area contributed by atoms with Gasteiger partial charge in [0.25, 0.3) is 6.33 Å². The van der Waals surface area contributed by atoms with E-state index in [9.17, 15) is 5.48 Å². The van der Waals surface area contributed by atoms with Gasteiger partial charge in [-0.1, -0.05) is 160 Å². The van der Waals surface area contributed by atoms with Gasteiger partial charge in [-0.2, -0.15) is 18.2 Å². The van der Waals surface area contributed by atoms with Crippen LogP contribution in [0.1, 0.15) is 40.0 Å². The molecule has 4 heterocycles. The minimum absolute atomic E-state index is 0. The van der Waals surface area contributed by atoms with E-state index in [1.807, 2.05) is 103 Å². The average Bonchev–Trinajstić information content (AvgIpc) is 4.30. The summed E-state index contributed by atoms with van der Waals surface area (Å²) >= 11 is 0. The van der Waals surface area contributed by atoms with E-state index in [1.165, 1.54) is 0 Å². The first-order valence-corrected chi connectivity index (χ1v) is 22.8. The fraction of sp³-hybridized carbons (Fsp3) is 0.0625. The van der Waals surface area contributed by atoms with Gasteiger partial charge in [0.05, 0.1) is 30.4 Å². The van der Waals surface area contributed by atoms with Crippen LogP contribution in [0.25, 0.3) is 105 Å². The molecule has 0 bridgehead atoms. The Hall–Kier alpha value is -8.31. The zero-order valence-corrected chi connectivity index (χ0v) is 40.6. The number of para-hydroxylation sites is 2. The van der Waals surface area contributed by atoms with Gasteiger partial charge in [0.2, 0.25) is 0 Å². The molecule has 4 aromatic heterocycles. The number of aromatic nitrogens is 4. The fourth-order valence-corrected chi connectivity index (χ4v) is 9.41. The van der Waals surface area contributed by atoms with Crippen molar-refractivity contribution < 1.29 is 48.5 Å². The molecule has 0 N–H and O–H groups in total. The smallest absolute Gasteiger partial charge is 0.268 e. The number of ether oxygens (including phenoxy) is 1. The first-order valence-electron chi connectivity index (χ1n) is 27.8. The molecule has 13 aromatic rings. The maximum atomic E-state index is 9.22. The van der Waals surface area contributed by atoms with Crippen molar-refractivity contribution in [2.75, 3.05) is 0 Å². The first kappa shape index (κ1) is 34.1. The van der Waals surface area contributed by atoms with E-state index in [4.69, 9.17) is 22.4 Å². The van der Waals surface area contributed by atoms with Crippen LogP contribution in [-0.4, -0.2) is 14.1 Å². The molecule has 0 atom stereocenters. The molecule has 0 radical (unpaired) electrons. The molecule has 0 saturated heterocycles. The van der Waals surface area contributed by atoms with E-state index in [2.05, 4.69) is 68.1 Å². The maximum absolute atomic E-state index is 9.22. The van der Waals surface area contributed by atoms with Crippen molar-refractivity contribution in [2.45, 2.75) is 26.2 Å². The Bertz CT molecular complexity index is 4610. The molecule has 0 aliphatic heterocycles. The normalized spacial score (nSPS) is 13.7. The Kier molecular flexibility index (Phi) is 8.43. The van der Waals surface area contributed by atoms with Crippen LogP contribution in [0.2, 0.25) is 0 Å². The quantitative estimate of drug-likeness (QED) is 0.113. The summed E-state index contributed by atoms with van der Waals surface area (Å²) < 4.78 is 108. The summed E-state index contributed by atoms with van der Waals surface area (Å²) in [6.07, 6.45) is 5.33. The van der Waals surface area contributed by atoms with Gasteiger partial charge < -0.3 is 18.3 Å². The number of furan rings is 1. The van der Waals surface area contributed by atoms with Crippen molar-refractivity contribution in [3.8, 4) is 62.1 Å². The second-order valence-corrected chi connectivity index (χ2v) is 18.1. The molecule has 0 aliphatic rings. The number of hydrogen-bond acceptors (Lipinski definition) is 3. The molecule has 9 aromatic carbocycles. The zero-order chi connectivity index (χ0) is 55.6. The third-order valence-corrected chi connectivity index (χ3v) is 12.8. The van der Waals surface area contributed by atoms with Crippen LogP contribution in [0.15, 0.2) is 217 Å². The molecule has 0 fully saturated rings. The molecule has 6 nitrogen and oxygen atoms in total. The number of imidazole rings is 1. The van der Waals surface area contributed by atoms with E-state index in [-0.39, 0.29) is 54.4 Å². The Morgan fingerprint density at radius 2 is 1.28 bits per heavy atom. The molecule has 0 amide bonds. The number of pyridine rings is 1. The topological polar surface area (TPSA) is 49.0 Å². The zero-order valence-electron chi connectivity index (χ0n) is 48.4. The Balaban J connectivity index is 0.00000651. The summed E-state index contributed by atoms with van der Waals surface area (Å²) in [5.41, 5.74) is 7.22. The fourth-order valence-electron chi connectivity index (χ4n) is 9.41. The predicted molar refractivity (Wildman–Crippen MR) is 282 cm³/mol. The summed E-state index contributed by atoms with van der Waals surface area (Å²) in [6, 6.07) is 47.6. The van der Waals surface area contributed by atoms with Gasteiger partial charge in [0.15, 0.2) is 0 Å². The molecule has 344 valence electrons. The maximum Gasteiger partial charge on any atom is 0.268 e. The number of fused-ring (bicyclic) bond motifs is 7. The van der Waals surface area contributed by atoms with E-state index in [0.717, 1.165) is 55.1 Å². The predicted octanol–water partition coefficient (Wildman–Crippen LogP) is 15.8. The van der Waals surface area contributed by atoms with Crippen LogP contribution in [0.5, 0.6) is 11.5 Å². The monoisotopic (exact) mass is 1110 g/mol. The minimum atomic E-state index is -0.592. The molecule has 71 heavy (non-hydrogen) atoms. The van der Waals surface area contributed by atoms with Crippen molar-refractivity contribution in [1.82, 2.24) is 14.1 Å². The van der Waals surface area contributed by atoms with Crippen LogP contribution in [0, 0.1) is 18.5 Å². The summed E-state index contributed by atoms with van der Waals surface area (Å²) in [7, 11) is 0. The van der Waals surface area contributed by atoms with Crippen LogP contribution in [-0.2, 0) is 26.5 Å². The van der Waals surface area contributed by atoms with Gasteiger partial charge in [-0.15, -0.1) is 29.7 Å². The summed E-state index contributed by atoms with van der Waals surface area (Å²) in [4.78, 5) is 4.83. The number of benzene rings is 9. The van der Waals surface area contributed by atoms with Crippen LogP contribution in [0.3, 0.4) is 0 Å². The number of hydrogen-bond donors (Lipinski definition) is 0. The average molecular weight is 1110 g/mol. The summed E-state index contributed by atoms with van der Waals surface area (Å²) in [5.74, 6) is 1.49. The van der Waals surface area contributed by atoms with Crippen molar-refractivity contribution in [3.05, 3.63) is 236 Å². The van der Waals surface area contributed by atoms with E-state index in [1.54, 1.807) is 33.4 Å². The van der Waals surface area contributed by atoms with Crippen molar-refractivity contribution in [3.63, 3.8) is 0 Å². The van der Waals surface area contributed by atoms with Crippen LogP contribution in [0.4, 0.5) is 0 Å². The van der Waals surface area contributed by atoms with Gasteiger partial charge in [-0.05, 0) is 97.9 Å². The number of rotatable bonds is 8. The molecule has 0 unspecified atom stereocenters. The molecule has 7 heteroatoms. The third kappa shape index (κ3) is 7.72. The van der Waals surface area contributed by atoms with Crippen LogP contribution < -0.4 is 9.30 Å². The summed E-state index contributed by atoms with van der Waals surface area (Å²) in [6.45, 7) is 6.50. The second kappa shape index (κ2) is 17.6. The minimum Gasteiger partial charge on any atom is -0.510 e. The Morgan fingerprint density at radius 1 is 0.577 bits per heavy atom. The standard InChI is InChI=1S/C64H44N4O2.Pt/c1-64(2,3)46-33-34-65-62(36-46)68-56-28-14-13-25-52(56)53-31-30-49(38-57(53)68)69-48-24-15-23-47(37-48)66-41-67(63-50(43-19-9-5-10-20-43)26-16-27-51(63)44-21-11-6-12-22-44)59-40-61-55(39-58(59)66)54-35-45(29-32-60(54)70-61)42-17-7-4-8-18-42;/h4-36,39-40H,1-3H3;/q-2;/i5D,6D,9D,10D,11D,12D,19D,20D,21D,22D;. The molecular formula is C64H44N4O2Pt-2. The van der Waals surface area contributed by atoms with Gasteiger partial charge in [0, 0.05) is 55.1 Å². The molecule has 13 rings (SSSR count). The van der Waals surface area contributed by atoms with E-state index < -0.39 is 60.4 Å². The van der Waals surface area contributed by atoms with E-state index in [0.29, 0.717) is 39.4 Å². The first-order chi connectivity index (χ1) is 38.5. The Labute approximate surface area is 440 Å². The number of nitrogens with zero attached hydrogens (tertiary/aromatic N) is 4. The molecule has 0 aliphatic carbocycles. The van der Waals surface area contributed by atoms with Crippen LogP contribution >= 0.6 is 0 Å². The SMILES string of the molecule is [2H]c1c([2H])c([2H])c(-c2cccc(-c3c([2H])c([2H])c([2H])c([2H])c3[2H])c2-[n+]2[c-]n(-c3[c-]c(Oc4[c-]c5c(cc4)c4ccccc4n5-c4cc(C(C)(C)C)ccn4)ccc3)c3cc4c(cc32)oc2ccc(-c3ccccc3)cc24)c([2H])c1[2H].[Pt]. The third-order valence-electron chi connectivity index (χ3n) is 12.8.